The molecule has 6 nitrogen and oxygen atoms in total. The number of fused-ring (bicyclic) bond motifs is 1. The van der Waals surface area contributed by atoms with Gasteiger partial charge < -0.3 is 19.8 Å². The van der Waals surface area contributed by atoms with Crippen LogP contribution in [0.3, 0.4) is 0 Å². The van der Waals surface area contributed by atoms with E-state index in [0.29, 0.717) is 54.7 Å². The van der Waals surface area contributed by atoms with E-state index in [1.54, 1.807) is 18.2 Å². The van der Waals surface area contributed by atoms with Crippen molar-refractivity contribution in [2.24, 2.45) is 0 Å². The number of allylic oxidation sites excluding steroid dienone is 1. The summed E-state index contributed by atoms with van der Waals surface area (Å²) in [4.78, 5) is 16.1. The molecule has 1 heterocycles. The number of benzene rings is 3. The molecule has 0 radical (unpaired) electrons. The first-order valence-electron chi connectivity index (χ1n) is 12.7. The molecular weight excluding hydrogens is 510 g/mol. The Bertz CT molecular complexity index is 1530. The highest BCUT2D eigenvalue weighted by Gasteiger charge is 2.15. The minimum atomic E-state index is -0.427. The number of rotatable bonds is 12. The van der Waals surface area contributed by atoms with Crippen molar-refractivity contribution in [1.29, 1.82) is 5.26 Å². The molecule has 198 valence electrons. The topological polar surface area (TPSA) is 87.1 Å². The van der Waals surface area contributed by atoms with Crippen LogP contribution in [0.5, 0.6) is 11.5 Å². The summed E-state index contributed by atoms with van der Waals surface area (Å²) in [6, 6.07) is 21.2. The Kier molecular flexibility index (Phi) is 9.44. The van der Waals surface area contributed by atoms with Crippen LogP contribution >= 0.6 is 11.6 Å². The number of H-pyrrole nitrogens is 1. The van der Waals surface area contributed by atoms with Gasteiger partial charge in [-0.05, 0) is 72.9 Å². The lowest BCUT2D eigenvalue weighted by Crippen LogP contribution is -2.26. The number of halogens is 1. The van der Waals surface area contributed by atoms with Crippen LogP contribution in [0.15, 0.2) is 85.1 Å². The highest BCUT2D eigenvalue weighted by atomic mass is 35.5. The van der Waals surface area contributed by atoms with E-state index in [4.69, 9.17) is 21.1 Å². The number of carbonyl (C=O) groups is 1. The van der Waals surface area contributed by atoms with Crippen LogP contribution in [0, 0.1) is 11.3 Å². The number of hydrogen-bond donors (Lipinski definition) is 2. The Hall–Kier alpha value is -4.47. The summed E-state index contributed by atoms with van der Waals surface area (Å²) >= 11 is 6.00. The molecule has 1 amide bonds. The van der Waals surface area contributed by atoms with Crippen molar-refractivity contribution >= 4 is 34.5 Å². The molecule has 7 heteroatoms. The van der Waals surface area contributed by atoms with E-state index in [2.05, 4.69) is 16.9 Å². The Morgan fingerprint density at radius 2 is 1.92 bits per heavy atom. The Balaban J connectivity index is 1.51. The van der Waals surface area contributed by atoms with Crippen molar-refractivity contribution in [2.75, 3.05) is 13.2 Å². The number of hydrogen-bond acceptors (Lipinski definition) is 4. The van der Waals surface area contributed by atoms with Gasteiger partial charge in [-0.3, -0.25) is 4.79 Å². The molecule has 0 spiro atoms. The number of carbonyl (C=O) groups excluding carboxylic acids is 1. The first kappa shape index (κ1) is 27.6. The van der Waals surface area contributed by atoms with Crippen molar-refractivity contribution in [3.05, 3.63) is 112 Å². The smallest absolute Gasteiger partial charge is 0.261 e. The fourth-order valence-corrected chi connectivity index (χ4v) is 4.42. The standard InChI is InChI=1S/C32H30ClN3O3/c1-3-7-24-16-23(18-30(38-4-2)31(24)39-21-22-10-12-27(33)13-11-22)17-26(19-34)32(37)35-15-14-25-20-36-29-9-6-5-8-28(25)29/h3,5-6,8-13,16-18,20,36H,1,4,7,14-15,21H2,2H3,(H,35,37)/b26-17-. The van der Waals surface area contributed by atoms with Crippen molar-refractivity contribution in [3.63, 3.8) is 0 Å². The summed E-state index contributed by atoms with van der Waals surface area (Å²) in [5.74, 6) is 0.711. The van der Waals surface area contributed by atoms with Gasteiger partial charge in [-0.2, -0.15) is 5.26 Å². The van der Waals surface area contributed by atoms with Crippen molar-refractivity contribution < 1.29 is 14.3 Å². The fourth-order valence-electron chi connectivity index (χ4n) is 4.30. The number of nitriles is 1. The van der Waals surface area contributed by atoms with E-state index in [-0.39, 0.29) is 5.57 Å². The number of nitrogens with zero attached hydrogens (tertiary/aromatic N) is 1. The zero-order valence-electron chi connectivity index (χ0n) is 21.8. The largest absolute Gasteiger partial charge is 0.490 e. The van der Waals surface area contributed by atoms with Gasteiger partial charge in [0.2, 0.25) is 0 Å². The van der Waals surface area contributed by atoms with Crippen molar-refractivity contribution in [1.82, 2.24) is 10.3 Å². The molecule has 4 aromatic rings. The number of para-hydroxylation sites is 1. The highest BCUT2D eigenvalue weighted by Crippen LogP contribution is 2.35. The van der Waals surface area contributed by atoms with E-state index < -0.39 is 5.91 Å². The lowest BCUT2D eigenvalue weighted by Gasteiger charge is -2.17. The Morgan fingerprint density at radius 3 is 2.67 bits per heavy atom. The zero-order chi connectivity index (χ0) is 27.6. The Morgan fingerprint density at radius 1 is 1.13 bits per heavy atom. The molecular formula is C32H30ClN3O3. The maximum atomic E-state index is 12.9. The van der Waals surface area contributed by atoms with Crippen molar-refractivity contribution in [3.8, 4) is 17.6 Å². The van der Waals surface area contributed by atoms with Crippen LogP contribution < -0.4 is 14.8 Å². The fraction of sp³-hybridized carbons (Fsp3) is 0.188. The van der Waals surface area contributed by atoms with Gasteiger partial charge in [-0.25, -0.2) is 0 Å². The molecule has 0 fully saturated rings. The van der Waals surface area contributed by atoms with Crippen LogP contribution in [-0.2, 0) is 24.2 Å². The van der Waals surface area contributed by atoms with Gasteiger partial charge in [0.15, 0.2) is 11.5 Å². The maximum absolute atomic E-state index is 12.9. The summed E-state index contributed by atoms with van der Waals surface area (Å²) in [5, 5.41) is 14.4. The lowest BCUT2D eigenvalue weighted by molar-refractivity contribution is -0.117. The average Bonchev–Trinajstić information content (AvgIpc) is 3.35. The number of aromatic amines is 1. The summed E-state index contributed by atoms with van der Waals surface area (Å²) in [6.07, 6.45) is 6.46. The molecule has 0 atom stereocenters. The summed E-state index contributed by atoms with van der Waals surface area (Å²) in [6.45, 7) is 6.92. The van der Waals surface area contributed by atoms with E-state index in [9.17, 15) is 10.1 Å². The maximum Gasteiger partial charge on any atom is 0.261 e. The number of nitrogens with one attached hydrogen (secondary N) is 2. The number of ether oxygens (including phenoxy) is 2. The third-order valence-corrected chi connectivity index (χ3v) is 6.40. The molecule has 1 aromatic heterocycles. The minimum absolute atomic E-state index is 0.00996. The molecule has 3 aromatic carbocycles. The van der Waals surface area contributed by atoms with Gasteiger partial charge in [0.25, 0.3) is 5.91 Å². The predicted octanol–water partition coefficient (Wildman–Crippen LogP) is 6.79. The molecule has 0 aliphatic rings. The molecule has 2 N–H and O–H groups in total. The molecule has 4 rings (SSSR count). The monoisotopic (exact) mass is 539 g/mol. The van der Waals surface area contributed by atoms with Gasteiger partial charge in [0, 0.05) is 34.2 Å². The average molecular weight is 540 g/mol. The van der Waals surface area contributed by atoms with Gasteiger partial charge in [0.05, 0.1) is 6.61 Å². The third-order valence-electron chi connectivity index (χ3n) is 6.15. The minimum Gasteiger partial charge on any atom is -0.490 e. The van der Waals surface area contributed by atoms with E-state index >= 15 is 0 Å². The van der Waals surface area contributed by atoms with Crippen molar-refractivity contribution in [2.45, 2.75) is 26.4 Å². The third kappa shape index (κ3) is 7.10. The second-order valence-electron chi connectivity index (χ2n) is 8.88. The molecule has 39 heavy (non-hydrogen) atoms. The van der Waals surface area contributed by atoms with Crippen LogP contribution in [0.4, 0.5) is 0 Å². The lowest BCUT2D eigenvalue weighted by atomic mass is 10.0. The van der Waals surface area contributed by atoms with Crippen LogP contribution in [0.1, 0.15) is 29.2 Å². The highest BCUT2D eigenvalue weighted by molar-refractivity contribution is 6.30. The van der Waals surface area contributed by atoms with Gasteiger partial charge >= 0.3 is 0 Å². The quantitative estimate of drug-likeness (QED) is 0.118. The summed E-state index contributed by atoms with van der Waals surface area (Å²) < 4.78 is 12.1. The molecule has 0 unspecified atom stereocenters. The molecule has 0 saturated heterocycles. The van der Waals surface area contributed by atoms with Crippen LogP contribution in [-0.4, -0.2) is 24.0 Å². The van der Waals surface area contributed by atoms with Gasteiger partial charge in [-0.15, -0.1) is 6.58 Å². The summed E-state index contributed by atoms with van der Waals surface area (Å²) in [5.41, 5.74) is 4.64. The molecule has 0 aliphatic heterocycles. The SMILES string of the molecule is C=CCc1cc(/C=C(/C#N)C(=O)NCCc2c[nH]c3ccccc23)cc(OCC)c1OCc1ccc(Cl)cc1. The molecule has 0 saturated carbocycles. The van der Waals surface area contributed by atoms with E-state index in [0.717, 1.165) is 27.6 Å². The van der Waals surface area contributed by atoms with Gasteiger partial charge in [-0.1, -0.05) is 48.0 Å². The summed E-state index contributed by atoms with van der Waals surface area (Å²) in [7, 11) is 0. The second-order valence-corrected chi connectivity index (χ2v) is 9.32. The first-order chi connectivity index (χ1) is 19.0. The van der Waals surface area contributed by atoms with Crippen LogP contribution in [0.2, 0.25) is 5.02 Å². The first-order valence-corrected chi connectivity index (χ1v) is 13.1. The van der Waals surface area contributed by atoms with Gasteiger partial charge in [0.1, 0.15) is 18.2 Å². The van der Waals surface area contributed by atoms with E-state index in [1.807, 2.05) is 73.8 Å². The predicted molar refractivity (Wildman–Crippen MR) is 156 cm³/mol. The molecule has 0 bridgehead atoms. The molecule has 0 aliphatic carbocycles. The van der Waals surface area contributed by atoms with E-state index in [1.165, 1.54) is 0 Å². The zero-order valence-corrected chi connectivity index (χ0v) is 22.6. The van der Waals surface area contributed by atoms with Crippen LogP contribution in [0.25, 0.3) is 17.0 Å². The number of aromatic nitrogens is 1. The Labute approximate surface area is 233 Å². The second kappa shape index (κ2) is 13.4. The number of amides is 1. The normalized spacial score (nSPS) is 11.2.